The third-order valence-corrected chi connectivity index (χ3v) is 5.73. The molecule has 2 heterocycles. The molecule has 2 fully saturated rings. The summed E-state index contributed by atoms with van der Waals surface area (Å²) in [6.45, 7) is 6.82. The molecular weight excluding hydrogens is 326 g/mol. The van der Waals surface area contributed by atoms with Crippen molar-refractivity contribution in [3.8, 4) is 0 Å². The number of likely N-dealkylation sites (N-methyl/N-ethyl adjacent to an activating group) is 1. The average molecular weight is 352 g/mol. The monoisotopic (exact) mass is 351 g/mol. The Balaban J connectivity index is 1.62. The van der Waals surface area contributed by atoms with E-state index < -0.39 is 9.05 Å². The Kier molecular flexibility index (Phi) is 6.49. The maximum absolute atomic E-state index is 11.9. The molecule has 0 spiro atoms. The van der Waals surface area contributed by atoms with Crippen molar-refractivity contribution in [2.75, 3.05) is 58.6 Å². The minimum absolute atomic E-state index is 0.0601. The van der Waals surface area contributed by atoms with Crippen LogP contribution in [0.15, 0.2) is 0 Å². The lowest BCUT2D eigenvalue weighted by Crippen LogP contribution is -2.44. The van der Waals surface area contributed by atoms with Gasteiger partial charge in [-0.05, 0) is 26.4 Å². The zero-order valence-electron chi connectivity index (χ0n) is 13.2. The van der Waals surface area contributed by atoms with Gasteiger partial charge in [0.1, 0.15) is 0 Å². The number of unbranched alkanes of at least 4 members (excludes halogenated alkanes) is 1. The fourth-order valence-corrected chi connectivity index (χ4v) is 4.49. The van der Waals surface area contributed by atoms with Gasteiger partial charge in [-0.15, -0.1) is 0 Å². The third-order valence-electron chi connectivity index (χ3n) is 4.48. The van der Waals surface area contributed by atoms with E-state index in [0.29, 0.717) is 13.0 Å². The molecule has 1 atom stereocenters. The molecule has 6 nitrogen and oxygen atoms in total. The van der Waals surface area contributed by atoms with E-state index in [2.05, 4.69) is 16.8 Å². The van der Waals surface area contributed by atoms with Gasteiger partial charge in [0.15, 0.2) is 0 Å². The summed E-state index contributed by atoms with van der Waals surface area (Å²) in [7, 11) is 3.90. The Bertz CT molecular complexity index is 478. The fraction of sp³-hybridized carbons (Fsp3) is 0.929. The minimum Gasteiger partial charge on any atom is -0.342 e. The highest BCUT2D eigenvalue weighted by Crippen LogP contribution is 2.21. The summed E-state index contributed by atoms with van der Waals surface area (Å²) in [4.78, 5) is 18.5. The summed E-state index contributed by atoms with van der Waals surface area (Å²) in [5.41, 5.74) is 0. The normalized spacial score (nSPS) is 25.1. The van der Waals surface area contributed by atoms with Crippen LogP contribution in [-0.4, -0.2) is 87.6 Å². The zero-order valence-corrected chi connectivity index (χ0v) is 14.8. The number of halogens is 1. The van der Waals surface area contributed by atoms with Gasteiger partial charge in [0.2, 0.25) is 15.0 Å². The van der Waals surface area contributed by atoms with Crippen molar-refractivity contribution >= 4 is 25.6 Å². The van der Waals surface area contributed by atoms with Gasteiger partial charge < -0.3 is 14.7 Å². The molecule has 22 heavy (non-hydrogen) atoms. The van der Waals surface area contributed by atoms with Gasteiger partial charge in [-0.1, -0.05) is 0 Å². The van der Waals surface area contributed by atoms with Gasteiger partial charge in [0, 0.05) is 62.3 Å². The van der Waals surface area contributed by atoms with Crippen molar-refractivity contribution in [2.24, 2.45) is 5.92 Å². The van der Waals surface area contributed by atoms with Gasteiger partial charge >= 0.3 is 0 Å². The first kappa shape index (κ1) is 18.0. The lowest BCUT2D eigenvalue weighted by atomic mass is 10.1. The van der Waals surface area contributed by atoms with Crippen molar-refractivity contribution in [3.05, 3.63) is 0 Å². The standard InChI is InChI=1S/C14H26ClN3O3S/c1-16-6-8-17(9-7-16)4-2-3-5-18-11-13(10-14(18)19)12-22(15,20)21/h13H,2-12H2,1H3. The van der Waals surface area contributed by atoms with Crippen LogP contribution >= 0.6 is 10.7 Å². The maximum atomic E-state index is 11.9. The van der Waals surface area contributed by atoms with E-state index in [1.807, 2.05) is 0 Å². The van der Waals surface area contributed by atoms with E-state index in [1.54, 1.807) is 4.90 Å². The summed E-state index contributed by atoms with van der Waals surface area (Å²) in [5.74, 6) is -0.185. The molecule has 8 heteroatoms. The smallest absolute Gasteiger partial charge is 0.232 e. The first-order valence-electron chi connectivity index (χ1n) is 7.94. The number of nitrogens with zero attached hydrogens (tertiary/aromatic N) is 3. The van der Waals surface area contributed by atoms with Crippen molar-refractivity contribution in [1.82, 2.24) is 14.7 Å². The molecular formula is C14H26ClN3O3S. The quantitative estimate of drug-likeness (QED) is 0.492. The van der Waals surface area contributed by atoms with Crippen LogP contribution in [0.3, 0.4) is 0 Å². The number of carbonyl (C=O) groups excluding carboxylic acids is 1. The average Bonchev–Trinajstić information content (AvgIpc) is 2.74. The highest BCUT2D eigenvalue weighted by Gasteiger charge is 2.31. The van der Waals surface area contributed by atoms with Crippen LogP contribution in [0.25, 0.3) is 0 Å². The van der Waals surface area contributed by atoms with Crippen molar-refractivity contribution in [2.45, 2.75) is 19.3 Å². The number of carbonyl (C=O) groups is 1. The lowest BCUT2D eigenvalue weighted by Gasteiger charge is -2.32. The molecule has 2 aliphatic rings. The molecule has 2 aliphatic heterocycles. The Morgan fingerprint density at radius 3 is 2.41 bits per heavy atom. The number of amides is 1. The fourth-order valence-electron chi connectivity index (χ4n) is 3.17. The zero-order chi connectivity index (χ0) is 16.2. The van der Waals surface area contributed by atoms with E-state index in [-0.39, 0.29) is 17.6 Å². The van der Waals surface area contributed by atoms with Crippen LogP contribution in [0.1, 0.15) is 19.3 Å². The molecule has 2 rings (SSSR count). The summed E-state index contributed by atoms with van der Waals surface area (Å²) < 4.78 is 22.2. The number of rotatable bonds is 7. The molecule has 0 aromatic rings. The van der Waals surface area contributed by atoms with E-state index in [9.17, 15) is 13.2 Å². The Labute approximate surface area is 137 Å². The molecule has 0 radical (unpaired) electrons. The molecule has 0 aliphatic carbocycles. The summed E-state index contributed by atoms with van der Waals surface area (Å²) in [6.07, 6.45) is 2.36. The molecule has 0 N–H and O–H groups in total. The Morgan fingerprint density at radius 1 is 1.14 bits per heavy atom. The van der Waals surface area contributed by atoms with Crippen molar-refractivity contribution in [1.29, 1.82) is 0 Å². The SMILES string of the molecule is CN1CCN(CCCCN2CC(CS(=O)(=O)Cl)CC2=O)CC1. The molecule has 128 valence electrons. The first-order chi connectivity index (χ1) is 10.3. The van der Waals surface area contributed by atoms with Crippen LogP contribution in [0.4, 0.5) is 0 Å². The van der Waals surface area contributed by atoms with Crippen LogP contribution in [-0.2, 0) is 13.8 Å². The maximum Gasteiger partial charge on any atom is 0.232 e. The van der Waals surface area contributed by atoms with Crippen molar-refractivity contribution < 1.29 is 13.2 Å². The summed E-state index contributed by atoms with van der Waals surface area (Å²) in [5, 5.41) is 0. The second-order valence-electron chi connectivity index (χ2n) is 6.47. The number of hydrogen-bond acceptors (Lipinski definition) is 5. The second kappa shape index (κ2) is 7.95. The van der Waals surface area contributed by atoms with Crippen LogP contribution in [0, 0.1) is 5.92 Å². The lowest BCUT2D eigenvalue weighted by molar-refractivity contribution is -0.127. The highest BCUT2D eigenvalue weighted by molar-refractivity contribution is 8.13. The number of hydrogen-bond donors (Lipinski definition) is 0. The van der Waals surface area contributed by atoms with Gasteiger partial charge in [0.25, 0.3) is 0 Å². The Morgan fingerprint density at radius 2 is 1.77 bits per heavy atom. The molecule has 1 amide bonds. The van der Waals surface area contributed by atoms with E-state index in [4.69, 9.17) is 10.7 Å². The number of piperazine rings is 1. The predicted molar refractivity (Wildman–Crippen MR) is 87.5 cm³/mol. The molecule has 2 saturated heterocycles. The molecule has 1 unspecified atom stereocenters. The van der Waals surface area contributed by atoms with E-state index >= 15 is 0 Å². The summed E-state index contributed by atoms with van der Waals surface area (Å²) >= 11 is 0. The van der Waals surface area contributed by atoms with Crippen molar-refractivity contribution in [3.63, 3.8) is 0 Å². The second-order valence-corrected chi connectivity index (χ2v) is 9.29. The van der Waals surface area contributed by atoms with Gasteiger partial charge in [-0.3, -0.25) is 4.79 Å². The summed E-state index contributed by atoms with van der Waals surface area (Å²) in [6, 6.07) is 0. The third kappa shape index (κ3) is 6.02. The van der Waals surface area contributed by atoms with Crippen LogP contribution in [0.5, 0.6) is 0 Å². The molecule has 0 bridgehead atoms. The predicted octanol–water partition coefficient (Wildman–Crippen LogP) is 0.431. The van der Waals surface area contributed by atoms with Gasteiger partial charge in [-0.2, -0.15) is 0 Å². The minimum atomic E-state index is -3.52. The Hall–Kier alpha value is -0.370. The van der Waals surface area contributed by atoms with Gasteiger partial charge in [0.05, 0.1) is 5.75 Å². The largest absolute Gasteiger partial charge is 0.342 e. The van der Waals surface area contributed by atoms with Gasteiger partial charge in [-0.25, -0.2) is 8.42 Å². The highest BCUT2D eigenvalue weighted by atomic mass is 35.7. The molecule has 0 saturated carbocycles. The van der Waals surface area contributed by atoms with E-state index in [1.165, 1.54) is 0 Å². The first-order valence-corrected chi connectivity index (χ1v) is 10.4. The van der Waals surface area contributed by atoms with Crippen LogP contribution in [0.2, 0.25) is 0 Å². The topological polar surface area (TPSA) is 60.9 Å². The van der Waals surface area contributed by atoms with Crippen LogP contribution < -0.4 is 0 Å². The molecule has 0 aromatic heterocycles. The molecule has 0 aromatic carbocycles. The van der Waals surface area contributed by atoms with E-state index in [0.717, 1.165) is 52.1 Å². The number of likely N-dealkylation sites (tertiary alicyclic amines) is 1.